The first-order valence-electron chi connectivity index (χ1n) is 6.89. The number of ether oxygens (including phenoxy) is 1. The number of carbonyl (C=O) groups excluding carboxylic acids is 1. The highest BCUT2D eigenvalue weighted by Crippen LogP contribution is 2.22. The Labute approximate surface area is 138 Å². The molecular formula is C16H16N2O4S. The molecule has 0 aromatic heterocycles. The van der Waals surface area contributed by atoms with Crippen molar-refractivity contribution in [3.05, 3.63) is 58.6 Å². The van der Waals surface area contributed by atoms with Gasteiger partial charge in [-0.15, -0.1) is 11.8 Å². The van der Waals surface area contributed by atoms with Gasteiger partial charge in [-0.05, 0) is 36.4 Å². The van der Waals surface area contributed by atoms with Crippen LogP contribution in [0.1, 0.15) is 6.42 Å². The monoisotopic (exact) mass is 332 g/mol. The Balaban J connectivity index is 1.76. The predicted octanol–water partition coefficient (Wildman–Crippen LogP) is 3.72. The molecule has 0 fully saturated rings. The van der Waals surface area contributed by atoms with Crippen LogP contribution in [0.3, 0.4) is 0 Å². The van der Waals surface area contributed by atoms with E-state index in [-0.39, 0.29) is 11.6 Å². The molecule has 0 heterocycles. The summed E-state index contributed by atoms with van der Waals surface area (Å²) in [6.07, 6.45) is 0.355. The zero-order valence-electron chi connectivity index (χ0n) is 12.5. The van der Waals surface area contributed by atoms with Gasteiger partial charge in [0.05, 0.1) is 12.0 Å². The highest BCUT2D eigenvalue weighted by molar-refractivity contribution is 7.99. The van der Waals surface area contributed by atoms with E-state index in [0.29, 0.717) is 12.2 Å². The van der Waals surface area contributed by atoms with Crippen LogP contribution in [0, 0.1) is 10.1 Å². The smallest absolute Gasteiger partial charge is 0.269 e. The Hall–Kier alpha value is -2.54. The van der Waals surface area contributed by atoms with Gasteiger partial charge in [0.1, 0.15) is 5.75 Å². The molecule has 0 aliphatic rings. The van der Waals surface area contributed by atoms with Crippen LogP contribution in [0.15, 0.2) is 53.4 Å². The van der Waals surface area contributed by atoms with E-state index in [4.69, 9.17) is 4.74 Å². The van der Waals surface area contributed by atoms with Crippen molar-refractivity contribution in [2.75, 3.05) is 18.2 Å². The maximum Gasteiger partial charge on any atom is 0.269 e. The first-order chi connectivity index (χ1) is 11.1. The lowest BCUT2D eigenvalue weighted by Gasteiger charge is -2.06. The molecule has 120 valence electrons. The molecule has 0 bridgehead atoms. The average molecular weight is 332 g/mol. The molecule has 1 N–H and O–H groups in total. The molecule has 0 radical (unpaired) electrons. The Morgan fingerprint density at radius 2 is 1.83 bits per heavy atom. The third-order valence-corrected chi connectivity index (χ3v) is 4.03. The second kappa shape index (κ2) is 8.19. The number of hydrogen-bond acceptors (Lipinski definition) is 5. The molecule has 6 nitrogen and oxygen atoms in total. The van der Waals surface area contributed by atoms with Gasteiger partial charge in [-0.3, -0.25) is 14.9 Å². The zero-order valence-corrected chi connectivity index (χ0v) is 13.3. The fourth-order valence-electron chi connectivity index (χ4n) is 1.82. The van der Waals surface area contributed by atoms with Crippen molar-refractivity contribution in [1.29, 1.82) is 0 Å². The van der Waals surface area contributed by atoms with Crippen molar-refractivity contribution in [2.45, 2.75) is 11.3 Å². The van der Waals surface area contributed by atoms with Crippen molar-refractivity contribution in [1.82, 2.24) is 0 Å². The number of nitrogens with zero attached hydrogens (tertiary/aromatic N) is 1. The predicted molar refractivity (Wildman–Crippen MR) is 90.1 cm³/mol. The number of amides is 1. The first kappa shape index (κ1) is 16.8. The molecule has 0 unspecified atom stereocenters. The van der Waals surface area contributed by atoms with Crippen LogP contribution in [0.5, 0.6) is 5.75 Å². The summed E-state index contributed by atoms with van der Waals surface area (Å²) < 4.78 is 5.05. The van der Waals surface area contributed by atoms with Gasteiger partial charge in [-0.1, -0.05) is 0 Å². The molecule has 0 aliphatic carbocycles. The molecule has 1 amide bonds. The van der Waals surface area contributed by atoms with Gasteiger partial charge in [0, 0.05) is 34.9 Å². The highest BCUT2D eigenvalue weighted by atomic mass is 32.2. The van der Waals surface area contributed by atoms with E-state index < -0.39 is 4.92 Å². The summed E-state index contributed by atoms with van der Waals surface area (Å²) in [5.74, 6) is 1.25. The van der Waals surface area contributed by atoms with Gasteiger partial charge in [-0.25, -0.2) is 0 Å². The van der Waals surface area contributed by atoms with Crippen LogP contribution >= 0.6 is 11.8 Å². The van der Waals surface area contributed by atoms with Gasteiger partial charge in [0.2, 0.25) is 5.91 Å². The normalized spacial score (nSPS) is 10.1. The molecule has 0 aliphatic heterocycles. The number of nitro groups is 1. The van der Waals surface area contributed by atoms with Crippen LogP contribution in [0.2, 0.25) is 0 Å². The number of rotatable bonds is 7. The summed E-state index contributed by atoms with van der Waals surface area (Å²) in [4.78, 5) is 22.9. The number of anilines is 1. The van der Waals surface area contributed by atoms with E-state index in [1.807, 2.05) is 0 Å². The van der Waals surface area contributed by atoms with Crippen molar-refractivity contribution in [3.63, 3.8) is 0 Å². The summed E-state index contributed by atoms with van der Waals surface area (Å²) in [5.41, 5.74) is 0.780. The molecule has 2 rings (SSSR count). The Morgan fingerprint density at radius 1 is 1.17 bits per heavy atom. The molecule has 23 heavy (non-hydrogen) atoms. The lowest BCUT2D eigenvalue weighted by molar-refractivity contribution is -0.384. The van der Waals surface area contributed by atoms with Crippen LogP contribution in [-0.4, -0.2) is 23.7 Å². The molecule has 0 spiro atoms. The Kier molecular flexibility index (Phi) is 5.99. The summed E-state index contributed by atoms with van der Waals surface area (Å²) >= 11 is 1.48. The van der Waals surface area contributed by atoms with E-state index in [9.17, 15) is 14.9 Å². The molecule has 2 aromatic rings. The third kappa shape index (κ3) is 5.30. The SMILES string of the molecule is COc1ccc(NC(=O)CCSc2ccc([N+](=O)[O-])cc2)cc1. The second-order valence-corrected chi connectivity index (χ2v) is 5.79. The van der Waals surface area contributed by atoms with Crippen LogP contribution in [0.4, 0.5) is 11.4 Å². The largest absolute Gasteiger partial charge is 0.497 e. The average Bonchev–Trinajstić information content (AvgIpc) is 2.56. The summed E-state index contributed by atoms with van der Waals surface area (Å²) in [5, 5.41) is 13.4. The molecule has 0 saturated heterocycles. The maximum atomic E-state index is 11.9. The maximum absolute atomic E-state index is 11.9. The third-order valence-electron chi connectivity index (χ3n) is 3.02. The van der Waals surface area contributed by atoms with Crippen molar-refractivity contribution >= 4 is 29.0 Å². The number of carbonyl (C=O) groups is 1. The lowest BCUT2D eigenvalue weighted by Crippen LogP contribution is -2.12. The molecular weight excluding hydrogens is 316 g/mol. The number of thioether (sulfide) groups is 1. The standard InChI is InChI=1S/C16H16N2O4S/c1-22-14-6-2-12(3-7-14)17-16(19)10-11-23-15-8-4-13(5-9-15)18(20)21/h2-9H,10-11H2,1H3,(H,17,19). The van der Waals surface area contributed by atoms with Gasteiger partial charge in [0.25, 0.3) is 5.69 Å². The fraction of sp³-hybridized carbons (Fsp3) is 0.188. The number of hydrogen-bond donors (Lipinski definition) is 1. The summed E-state index contributed by atoms with van der Waals surface area (Å²) in [7, 11) is 1.59. The van der Waals surface area contributed by atoms with Crippen LogP contribution in [0.25, 0.3) is 0 Å². The molecule has 0 saturated carbocycles. The van der Waals surface area contributed by atoms with Gasteiger partial charge < -0.3 is 10.1 Å². The van der Waals surface area contributed by atoms with Crippen molar-refractivity contribution < 1.29 is 14.5 Å². The Bertz CT molecular complexity index is 671. The number of nitro benzene ring substituents is 1. The minimum absolute atomic E-state index is 0.0617. The lowest BCUT2D eigenvalue weighted by atomic mass is 10.3. The Morgan fingerprint density at radius 3 is 2.39 bits per heavy atom. The number of nitrogens with one attached hydrogen (secondary N) is 1. The minimum atomic E-state index is -0.434. The molecule has 7 heteroatoms. The number of benzene rings is 2. The molecule has 2 aromatic carbocycles. The zero-order chi connectivity index (χ0) is 16.7. The topological polar surface area (TPSA) is 81.5 Å². The van der Waals surface area contributed by atoms with Crippen molar-refractivity contribution in [2.24, 2.45) is 0 Å². The number of methoxy groups -OCH3 is 1. The fourth-order valence-corrected chi connectivity index (χ4v) is 2.68. The van der Waals surface area contributed by atoms with E-state index >= 15 is 0 Å². The second-order valence-electron chi connectivity index (χ2n) is 4.63. The van der Waals surface area contributed by atoms with E-state index in [0.717, 1.165) is 16.3 Å². The van der Waals surface area contributed by atoms with Crippen molar-refractivity contribution in [3.8, 4) is 5.75 Å². The van der Waals surface area contributed by atoms with E-state index in [1.54, 1.807) is 43.5 Å². The first-order valence-corrected chi connectivity index (χ1v) is 7.88. The minimum Gasteiger partial charge on any atom is -0.497 e. The molecule has 0 atom stereocenters. The summed E-state index contributed by atoms with van der Waals surface area (Å²) in [6, 6.07) is 13.4. The van der Waals surface area contributed by atoms with Gasteiger partial charge in [-0.2, -0.15) is 0 Å². The van der Waals surface area contributed by atoms with Crippen LogP contribution in [-0.2, 0) is 4.79 Å². The van der Waals surface area contributed by atoms with E-state index in [2.05, 4.69) is 5.32 Å². The summed E-state index contributed by atoms with van der Waals surface area (Å²) in [6.45, 7) is 0. The van der Waals surface area contributed by atoms with Gasteiger partial charge in [0.15, 0.2) is 0 Å². The van der Waals surface area contributed by atoms with E-state index in [1.165, 1.54) is 23.9 Å². The van der Waals surface area contributed by atoms with Gasteiger partial charge >= 0.3 is 0 Å². The number of non-ortho nitro benzene ring substituents is 1. The quantitative estimate of drug-likeness (QED) is 0.475. The highest BCUT2D eigenvalue weighted by Gasteiger charge is 2.06. The van der Waals surface area contributed by atoms with Crippen LogP contribution < -0.4 is 10.1 Å².